The van der Waals surface area contributed by atoms with Crippen molar-refractivity contribution >= 4 is 10.2 Å². The summed E-state index contributed by atoms with van der Waals surface area (Å²) in [6.07, 6.45) is 3.52. The lowest BCUT2D eigenvalue weighted by atomic mass is 10.0. The first-order valence-electron chi connectivity index (χ1n) is 6.31. The van der Waals surface area contributed by atoms with Crippen LogP contribution < -0.4 is 4.72 Å². The summed E-state index contributed by atoms with van der Waals surface area (Å²) in [6.45, 7) is 1.20. The lowest BCUT2D eigenvalue weighted by molar-refractivity contribution is 0.165. The summed E-state index contributed by atoms with van der Waals surface area (Å²) in [5.74, 6) is 0.689. The van der Waals surface area contributed by atoms with E-state index in [0.717, 1.165) is 12.8 Å². The molecule has 0 radical (unpaired) electrons. The van der Waals surface area contributed by atoms with Crippen LogP contribution in [0.15, 0.2) is 6.33 Å². The van der Waals surface area contributed by atoms with E-state index < -0.39 is 10.2 Å². The van der Waals surface area contributed by atoms with Gasteiger partial charge in [0.1, 0.15) is 12.2 Å². The molecule has 1 atom stereocenters. The van der Waals surface area contributed by atoms with Crippen molar-refractivity contribution in [2.24, 2.45) is 5.92 Å². The number of nitrogens with one attached hydrogen (secondary N) is 2. The number of H-pyrrole nitrogens is 1. The molecule has 0 saturated carbocycles. The Morgan fingerprint density at radius 1 is 1.58 bits per heavy atom. The Morgan fingerprint density at radius 3 is 3.11 bits per heavy atom. The molecule has 8 nitrogen and oxygen atoms in total. The molecule has 1 aliphatic rings. The van der Waals surface area contributed by atoms with E-state index in [0.29, 0.717) is 25.3 Å². The van der Waals surface area contributed by atoms with E-state index in [-0.39, 0.29) is 19.1 Å². The van der Waals surface area contributed by atoms with Gasteiger partial charge in [-0.25, -0.2) is 9.71 Å². The molecule has 1 saturated heterocycles. The fraction of sp³-hybridized carbons (Fsp3) is 0.800. The zero-order chi connectivity index (χ0) is 13.7. The van der Waals surface area contributed by atoms with Crippen LogP contribution >= 0.6 is 0 Å². The Hall–Kier alpha value is -1.03. The molecular formula is C10H19N5O3S. The number of aromatic amines is 1. The van der Waals surface area contributed by atoms with Crippen molar-refractivity contribution in [2.45, 2.75) is 19.3 Å². The molecule has 1 aromatic heterocycles. The third-order valence-corrected chi connectivity index (χ3v) is 4.77. The zero-order valence-electron chi connectivity index (χ0n) is 10.6. The summed E-state index contributed by atoms with van der Waals surface area (Å²) in [5, 5.41) is 15.5. The average Bonchev–Trinajstić information content (AvgIpc) is 2.92. The molecule has 1 aromatic rings. The highest BCUT2D eigenvalue weighted by molar-refractivity contribution is 7.87. The fourth-order valence-electron chi connectivity index (χ4n) is 2.14. The normalized spacial score (nSPS) is 21.6. The van der Waals surface area contributed by atoms with Gasteiger partial charge in [-0.3, -0.25) is 5.10 Å². The second-order valence-corrected chi connectivity index (χ2v) is 6.39. The largest absolute Gasteiger partial charge is 0.396 e. The van der Waals surface area contributed by atoms with Crippen LogP contribution in [-0.4, -0.2) is 59.3 Å². The summed E-state index contributed by atoms with van der Waals surface area (Å²) in [6, 6.07) is 0. The third kappa shape index (κ3) is 3.96. The molecule has 1 fully saturated rings. The van der Waals surface area contributed by atoms with E-state index in [4.69, 9.17) is 5.11 Å². The standard InChI is InChI=1S/C10H19N5O3S/c16-7-9-2-1-5-15(6-9)19(17,18)13-4-3-10-11-8-12-14-10/h8-9,13,16H,1-7H2,(H,11,12,14). The number of piperidine rings is 1. The summed E-state index contributed by atoms with van der Waals surface area (Å²) >= 11 is 0. The number of nitrogens with zero attached hydrogens (tertiary/aromatic N) is 3. The molecule has 19 heavy (non-hydrogen) atoms. The quantitative estimate of drug-likeness (QED) is 0.614. The molecule has 0 bridgehead atoms. The van der Waals surface area contributed by atoms with Crippen molar-refractivity contribution in [3.05, 3.63) is 12.2 Å². The van der Waals surface area contributed by atoms with Crippen LogP contribution in [0.5, 0.6) is 0 Å². The van der Waals surface area contributed by atoms with E-state index in [2.05, 4.69) is 19.9 Å². The number of hydrogen-bond donors (Lipinski definition) is 3. The first-order chi connectivity index (χ1) is 9.12. The first kappa shape index (κ1) is 14.4. The lowest BCUT2D eigenvalue weighted by Crippen LogP contribution is -2.47. The summed E-state index contributed by atoms with van der Waals surface area (Å²) in [4.78, 5) is 3.93. The van der Waals surface area contributed by atoms with E-state index in [1.54, 1.807) is 0 Å². The predicted octanol–water partition coefficient (Wildman–Crippen LogP) is -1.11. The Kier molecular flexibility index (Phi) is 4.86. The SMILES string of the molecule is O=S(=O)(NCCc1ncn[nH]1)N1CCCC(CO)C1. The maximum Gasteiger partial charge on any atom is 0.279 e. The summed E-state index contributed by atoms with van der Waals surface area (Å²) in [5.41, 5.74) is 0. The van der Waals surface area contributed by atoms with Gasteiger partial charge in [-0.15, -0.1) is 0 Å². The van der Waals surface area contributed by atoms with E-state index in [9.17, 15) is 8.42 Å². The molecule has 2 rings (SSSR count). The van der Waals surface area contributed by atoms with Gasteiger partial charge in [0.2, 0.25) is 0 Å². The van der Waals surface area contributed by atoms with Gasteiger partial charge in [0.05, 0.1) is 0 Å². The van der Waals surface area contributed by atoms with Crippen molar-refractivity contribution in [1.29, 1.82) is 0 Å². The van der Waals surface area contributed by atoms with Gasteiger partial charge in [-0.1, -0.05) is 0 Å². The van der Waals surface area contributed by atoms with Gasteiger partial charge < -0.3 is 5.11 Å². The number of aliphatic hydroxyl groups excluding tert-OH is 1. The molecular weight excluding hydrogens is 270 g/mol. The predicted molar refractivity (Wildman–Crippen MR) is 68.4 cm³/mol. The van der Waals surface area contributed by atoms with Crippen LogP contribution in [0.4, 0.5) is 0 Å². The van der Waals surface area contributed by atoms with Gasteiger partial charge in [0.25, 0.3) is 10.2 Å². The van der Waals surface area contributed by atoms with E-state index >= 15 is 0 Å². The Bertz CT molecular complexity index is 475. The average molecular weight is 289 g/mol. The van der Waals surface area contributed by atoms with Crippen molar-refractivity contribution < 1.29 is 13.5 Å². The molecule has 2 heterocycles. The highest BCUT2D eigenvalue weighted by Crippen LogP contribution is 2.17. The lowest BCUT2D eigenvalue weighted by Gasteiger charge is -2.30. The molecule has 0 aromatic carbocycles. The van der Waals surface area contributed by atoms with Crippen molar-refractivity contribution in [2.75, 3.05) is 26.2 Å². The Labute approximate surface area is 112 Å². The van der Waals surface area contributed by atoms with Gasteiger partial charge in [0, 0.05) is 32.7 Å². The van der Waals surface area contributed by atoms with Gasteiger partial charge in [-0.2, -0.15) is 17.8 Å². The molecule has 108 valence electrons. The summed E-state index contributed by atoms with van der Waals surface area (Å²) in [7, 11) is -3.47. The van der Waals surface area contributed by atoms with Crippen LogP contribution in [0, 0.1) is 5.92 Å². The van der Waals surface area contributed by atoms with Gasteiger partial charge >= 0.3 is 0 Å². The second kappa shape index (κ2) is 6.42. The molecule has 0 spiro atoms. The van der Waals surface area contributed by atoms with Crippen molar-refractivity contribution in [1.82, 2.24) is 24.2 Å². The first-order valence-corrected chi connectivity index (χ1v) is 7.75. The molecule has 0 aliphatic carbocycles. The molecule has 1 aliphatic heterocycles. The van der Waals surface area contributed by atoms with Gasteiger partial charge in [-0.05, 0) is 18.8 Å². The van der Waals surface area contributed by atoms with Crippen molar-refractivity contribution in [3.8, 4) is 0 Å². The number of aliphatic hydroxyl groups is 1. The number of aromatic nitrogens is 3. The molecule has 3 N–H and O–H groups in total. The minimum absolute atomic E-state index is 0.0318. The van der Waals surface area contributed by atoms with Crippen LogP contribution in [-0.2, 0) is 16.6 Å². The van der Waals surface area contributed by atoms with Crippen LogP contribution in [0.3, 0.4) is 0 Å². The van der Waals surface area contributed by atoms with Crippen molar-refractivity contribution in [3.63, 3.8) is 0 Å². The van der Waals surface area contributed by atoms with E-state index in [1.807, 2.05) is 0 Å². The minimum atomic E-state index is -3.47. The number of hydrogen-bond acceptors (Lipinski definition) is 5. The minimum Gasteiger partial charge on any atom is -0.396 e. The molecule has 9 heteroatoms. The zero-order valence-corrected chi connectivity index (χ0v) is 11.4. The van der Waals surface area contributed by atoms with Crippen LogP contribution in [0.2, 0.25) is 0 Å². The fourth-order valence-corrected chi connectivity index (χ4v) is 3.45. The topological polar surface area (TPSA) is 111 Å². The Balaban J connectivity index is 1.83. The second-order valence-electron chi connectivity index (χ2n) is 4.63. The monoisotopic (exact) mass is 289 g/mol. The molecule has 1 unspecified atom stereocenters. The van der Waals surface area contributed by atoms with Crippen LogP contribution in [0.1, 0.15) is 18.7 Å². The highest BCUT2D eigenvalue weighted by atomic mass is 32.2. The third-order valence-electron chi connectivity index (χ3n) is 3.19. The van der Waals surface area contributed by atoms with Crippen LogP contribution in [0.25, 0.3) is 0 Å². The highest BCUT2D eigenvalue weighted by Gasteiger charge is 2.28. The number of rotatable bonds is 6. The maximum absolute atomic E-state index is 12.1. The maximum atomic E-state index is 12.1. The smallest absolute Gasteiger partial charge is 0.279 e. The van der Waals surface area contributed by atoms with E-state index in [1.165, 1.54) is 10.6 Å². The Morgan fingerprint density at radius 2 is 2.42 bits per heavy atom. The summed E-state index contributed by atoms with van der Waals surface area (Å²) < 4.78 is 28.1. The molecule has 0 amide bonds. The van der Waals surface area contributed by atoms with Gasteiger partial charge in [0.15, 0.2) is 0 Å².